The van der Waals surface area contributed by atoms with E-state index >= 15 is 0 Å². The summed E-state index contributed by atoms with van der Waals surface area (Å²) in [6.07, 6.45) is 6.72. The Bertz CT molecular complexity index is 1020. The number of halogens is 2. The van der Waals surface area contributed by atoms with Gasteiger partial charge in [0.2, 0.25) is 11.8 Å². The number of hydrogen-bond acceptors (Lipinski definition) is 4. The predicted molar refractivity (Wildman–Crippen MR) is 142 cm³/mol. The van der Waals surface area contributed by atoms with Crippen LogP contribution in [0.4, 0.5) is 0 Å². The molecule has 0 saturated heterocycles. The fraction of sp³-hybridized carbons (Fsp3) is 0.556. The van der Waals surface area contributed by atoms with Crippen molar-refractivity contribution in [2.45, 2.75) is 57.9 Å². The zero-order valence-corrected chi connectivity index (χ0v) is 22.6. The number of amides is 2. The summed E-state index contributed by atoms with van der Waals surface area (Å²) in [5, 5.41) is 3.19. The third kappa shape index (κ3) is 6.40. The lowest BCUT2D eigenvalue weighted by atomic mass is 9.88. The molecule has 2 aliphatic rings. The number of thiophene rings is 1. The van der Waals surface area contributed by atoms with Gasteiger partial charge in [0.15, 0.2) is 0 Å². The van der Waals surface area contributed by atoms with Crippen molar-refractivity contribution in [3.05, 3.63) is 55.7 Å². The Hall–Kier alpha value is -1.60. The van der Waals surface area contributed by atoms with Gasteiger partial charge in [-0.05, 0) is 67.3 Å². The zero-order valence-electron chi connectivity index (χ0n) is 20.3. The van der Waals surface area contributed by atoms with Crippen LogP contribution in [-0.2, 0) is 20.7 Å². The third-order valence-electron chi connectivity index (χ3n) is 7.06. The topological polar surface area (TPSA) is 49.9 Å². The summed E-state index contributed by atoms with van der Waals surface area (Å²) in [5.74, 6) is 0.0947. The number of nitrogens with zero attached hydrogens (tertiary/aromatic N) is 2. The highest BCUT2D eigenvalue weighted by Crippen LogP contribution is 2.41. The molecule has 0 radical (unpaired) electrons. The molecule has 8 heteroatoms. The molecule has 1 atom stereocenters. The van der Waals surface area contributed by atoms with Crippen LogP contribution in [0.15, 0.2) is 29.6 Å². The summed E-state index contributed by atoms with van der Waals surface area (Å²) in [6, 6.07) is 7.27. The van der Waals surface area contributed by atoms with E-state index < -0.39 is 0 Å². The zero-order chi connectivity index (χ0) is 24.8. The standard InChI is InChI=1S/C27H34Cl2N2O3S/c1-2-34-15-6-13-30(27(33)19-7-4-3-5-8-19)18-25(32)31-14-11-24-22(12-16-35-24)26(31)21-10-9-20(28)17-23(21)29/h9-10,12,16-17,19,26H,2-8,11,13-15,18H2,1H3. The summed E-state index contributed by atoms with van der Waals surface area (Å²) in [7, 11) is 0. The van der Waals surface area contributed by atoms with Gasteiger partial charge in [0.05, 0.1) is 12.6 Å². The summed E-state index contributed by atoms with van der Waals surface area (Å²) in [6.45, 7) is 4.42. The lowest BCUT2D eigenvalue weighted by Crippen LogP contribution is -2.48. The number of benzene rings is 1. The van der Waals surface area contributed by atoms with Gasteiger partial charge in [0, 0.05) is 47.1 Å². The smallest absolute Gasteiger partial charge is 0.242 e. The van der Waals surface area contributed by atoms with E-state index in [1.165, 1.54) is 11.3 Å². The molecule has 4 rings (SSSR count). The molecule has 2 aromatic rings. The number of rotatable bonds is 9. The second-order valence-electron chi connectivity index (χ2n) is 9.35. The molecule has 1 fully saturated rings. The van der Waals surface area contributed by atoms with Gasteiger partial charge in [-0.25, -0.2) is 0 Å². The molecule has 190 valence electrons. The second-order valence-corrected chi connectivity index (χ2v) is 11.2. The van der Waals surface area contributed by atoms with Crippen molar-refractivity contribution in [2.75, 3.05) is 32.8 Å². The summed E-state index contributed by atoms with van der Waals surface area (Å²) >= 11 is 14.5. The van der Waals surface area contributed by atoms with Crippen LogP contribution >= 0.6 is 34.5 Å². The fourth-order valence-corrected chi connectivity index (χ4v) is 6.69. The van der Waals surface area contributed by atoms with Crippen LogP contribution in [-0.4, -0.2) is 54.5 Å². The van der Waals surface area contributed by atoms with E-state index in [0.29, 0.717) is 36.3 Å². The second kappa shape index (κ2) is 12.6. The molecule has 5 nitrogen and oxygen atoms in total. The fourth-order valence-electron chi connectivity index (χ4n) is 5.27. The molecule has 0 spiro atoms. The number of carbonyl (C=O) groups excluding carboxylic acids is 2. The Labute approximate surface area is 222 Å². The molecule has 2 heterocycles. The lowest BCUT2D eigenvalue weighted by Gasteiger charge is -2.38. The lowest BCUT2D eigenvalue weighted by molar-refractivity contribution is -0.144. The third-order valence-corrected chi connectivity index (χ3v) is 8.62. The van der Waals surface area contributed by atoms with Crippen LogP contribution in [0.1, 0.15) is 67.5 Å². The van der Waals surface area contributed by atoms with Crippen molar-refractivity contribution in [1.29, 1.82) is 0 Å². The Morgan fingerprint density at radius 3 is 2.69 bits per heavy atom. The molecule has 1 unspecified atom stereocenters. The van der Waals surface area contributed by atoms with Crippen LogP contribution in [0.2, 0.25) is 10.0 Å². The average Bonchev–Trinajstić information content (AvgIpc) is 3.35. The SMILES string of the molecule is CCOCCCN(CC(=O)N1CCc2sccc2C1c1ccc(Cl)cc1Cl)C(=O)C1CCCCC1. The Morgan fingerprint density at radius 2 is 1.94 bits per heavy atom. The summed E-state index contributed by atoms with van der Waals surface area (Å²) < 4.78 is 5.50. The number of fused-ring (bicyclic) bond motifs is 1. The number of ether oxygens (including phenoxy) is 1. The van der Waals surface area contributed by atoms with Gasteiger partial charge in [-0.2, -0.15) is 0 Å². The van der Waals surface area contributed by atoms with E-state index in [4.69, 9.17) is 27.9 Å². The van der Waals surface area contributed by atoms with E-state index in [0.717, 1.165) is 49.7 Å². The molecule has 1 aliphatic carbocycles. The van der Waals surface area contributed by atoms with Crippen molar-refractivity contribution in [2.24, 2.45) is 5.92 Å². The number of hydrogen-bond donors (Lipinski definition) is 0. The number of carbonyl (C=O) groups is 2. The highest BCUT2D eigenvalue weighted by Gasteiger charge is 2.36. The molecule has 1 aliphatic heterocycles. The Balaban J connectivity index is 1.56. The van der Waals surface area contributed by atoms with Gasteiger partial charge in [-0.1, -0.05) is 48.5 Å². The molecular formula is C27H34Cl2N2O3S. The highest BCUT2D eigenvalue weighted by atomic mass is 35.5. The van der Waals surface area contributed by atoms with Crippen LogP contribution in [0.5, 0.6) is 0 Å². The van der Waals surface area contributed by atoms with E-state index in [2.05, 4.69) is 11.4 Å². The Morgan fingerprint density at radius 1 is 1.14 bits per heavy atom. The highest BCUT2D eigenvalue weighted by molar-refractivity contribution is 7.10. The minimum Gasteiger partial charge on any atom is -0.382 e. The van der Waals surface area contributed by atoms with Crippen molar-refractivity contribution in [3.8, 4) is 0 Å². The maximum Gasteiger partial charge on any atom is 0.242 e. The van der Waals surface area contributed by atoms with E-state index in [-0.39, 0.29) is 30.3 Å². The van der Waals surface area contributed by atoms with E-state index in [1.54, 1.807) is 22.3 Å². The molecular weight excluding hydrogens is 503 g/mol. The van der Waals surface area contributed by atoms with Gasteiger partial charge in [-0.15, -0.1) is 11.3 Å². The molecule has 2 amide bonds. The monoisotopic (exact) mass is 536 g/mol. The first-order chi connectivity index (χ1) is 17.0. The maximum absolute atomic E-state index is 13.8. The predicted octanol–water partition coefficient (Wildman–Crippen LogP) is 6.36. The minimum atomic E-state index is -0.280. The first kappa shape index (κ1) is 26.5. The largest absolute Gasteiger partial charge is 0.382 e. The summed E-state index contributed by atoms with van der Waals surface area (Å²) in [5.41, 5.74) is 1.98. The molecule has 1 saturated carbocycles. The van der Waals surface area contributed by atoms with Crippen LogP contribution < -0.4 is 0 Å². The molecule has 1 aromatic carbocycles. The van der Waals surface area contributed by atoms with E-state index in [9.17, 15) is 9.59 Å². The van der Waals surface area contributed by atoms with Crippen molar-refractivity contribution < 1.29 is 14.3 Å². The quantitative estimate of drug-likeness (QED) is 0.350. The van der Waals surface area contributed by atoms with Gasteiger partial charge in [-0.3, -0.25) is 9.59 Å². The average molecular weight is 538 g/mol. The summed E-state index contributed by atoms with van der Waals surface area (Å²) in [4.78, 5) is 32.2. The van der Waals surface area contributed by atoms with Crippen molar-refractivity contribution in [1.82, 2.24) is 9.80 Å². The molecule has 0 N–H and O–H groups in total. The normalized spacial score (nSPS) is 18.4. The molecule has 0 bridgehead atoms. The van der Waals surface area contributed by atoms with Gasteiger partial charge >= 0.3 is 0 Å². The maximum atomic E-state index is 13.8. The molecule has 35 heavy (non-hydrogen) atoms. The van der Waals surface area contributed by atoms with Crippen molar-refractivity contribution >= 4 is 46.4 Å². The van der Waals surface area contributed by atoms with Crippen LogP contribution in [0.25, 0.3) is 0 Å². The molecule has 1 aromatic heterocycles. The van der Waals surface area contributed by atoms with Crippen LogP contribution in [0.3, 0.4) is 0 Å². The van der Waals surface area contributed by atoms with Crippen molar-refractivity contribution in [3.63, 3.8) is 0 Å². The van der Waals surface area contributed by atoms with Gasteiger partial charge in [0.25, 0.3) is 0 Å². The Kier molecular flexibility index (Phi) is 9.51. The van der Waals surface area contributed by atoms with Crippen LogP contribution in [0, 0.1) is 5.92 Å². The van der Waals surface area contributed by atoms with E-state index in [1.807, 2.05) is 24.0 Å². The van der Waals surface area contributed by atoms with Gasteiger partial charge < -0.3 is 14.5 Å². The van der Waals surface area contributed by atoms with Gasteiger partial charge in [0.1, 0.15) is 0 Å². The first-order valence-electron chi connectivity index (χ1n) is 12.7. The minimum absolute atomic E-state index is 0.0231. The first-order valence-corrected chi connectivity index (χ1v) is 14.3.